The van der Waals surface area contributed by atoms with Crippen LogP contribution in [0.3, 0.4) is 0 Å². The van der Waals surface area contributed by atoms with Crippen LogP contribution in [0.2, 0.25) is 0 Å². The van der Waals surface area contributed by atoms with Gasteiger partial charge in [-0.05, 0) is 40.0 Å². The minimum atomic E-state index is -0.205. The molecular formula is C21H19N7OS. The fourth-order valence-electron chi connectivity index (χ4n) is 3.32. The van der Waals surface area contributed by atoms with Crippen molar-refractivity contribution in [3.63, 3.8) is 0 Å². The first-order chi connectivity index (χ1) is 14.7. The highest BCUT2D eigenvalue weighted by Crippen LogP contribution is 2.40. The van der Waals surface area contributed by atoms with Gasteiger partial charge in [-0.15, -0.1) is 5.10 Å². The molecule has 8 nitrogen and oxygen atoms in total. The number of tetrazole rings is 1. The van der Waals surface area contributed by atoms with Crippen molar-refractivity contribution in [1.29, 1.82) is 0 Å². The van der Waals surface area contributed by atoms with Crippen LogP contribution in [0.15, 0.2) is 53.5 Å². The van der Waals surface area contributed by atoms with Crippen LogP contribution in [0.25, 0.3) is 22.5 Å². The van der Waals surface area contributed by atoms with Gasteiger partial charge in [0.2, 0.25) is 10.7 Å². The number of rotatable bonds is 5. The number of hydrogen-bond acceptors (Lipinski definition) is 6. The van der Waals surface area contributed by atoms with Gasteiger partial charge in [0.25, 0.3) is 0 Å². The number of carbonyl (C=O) groups is 1. The van der Waals surface area contributed by atoms with E-state index in [1.165, 1.54) is 31.1 Å². The summed E-state index contributed by atoms with van der Waals surface area (Å²) >= 11 is 1.52. The molecule has 1 saturated carbocycles. The summed E-state index contributed by atoms with van der Waals surface area (Å²) in [5, 5.41) is 20.0. The second-order valence-corrected chi connectivity index (χ2v) is 8.27. The van der Waals surface area contributed by atoms with Crippen LogP contribution in [-0.2, 0) is 11.3 Å². The SMILES string of the molecule is CC(=O)N=c1sc(C2CC2)nn1Cc1ccc(-c2ccccc2-c2nnn[nH]2)cc1. The molecule has 2 heterocycles. The Labute approximate surface area is 176 Å². The molecule has 30 heavy (non-hydrogen) atoms. The Kier molecular flexibility index (Phi) is 4.80. The first kappa shape index (κ1) is 18.6. The van der Waals surface area contributed by atoms with E-state index in [4.69, 9.17) is 5.10 Å². The Morgan fingerprint density at radius 2 is 1.93 bits per heavy atom. The lowest BCUT2D eigenvalue weighted by atomic mass is 9.98. The lowest BCUT2D eigenvalue weighted by Crippen LogP contribution is -2.18. The zero-order chi connectivity index (χ0) is 20.5. The van der Waals surface area contributed by atoms with E-state index in [1.54, 1.807) is 0 Å². The summed E-state index contributed by atoms with van der Waals surface area (Å²) in [4.78, 5) is 16.3. The average Bonchev–Trinajstić information content (AvgIpc) is 3.31. The zero-order valence-corrected chi connectivity index (χ0v) is 17.1. The summed E-state index contributed by atoms with van der Waals surface area (Å²) in [5.41, 5.74) is 4.16. The van der Waals surface area contributed by atoms with Crippen molar-refractivity contribution in [3.05, 3.63) is 63.9 Å². The van der Waals surface area contributed by atoms with Gasteiger partial charge in [0.05, 0.1) is 6.54 Å². The predicted molar refractivity (Wildman–Crippen MR) is 112 cm³/mol. The number of aromatic nitrogens is 6. The van der Waals surface area contributed by atoms with Crippen LogP contribution in [0, 0.1) is 0 Å². The van der Waals surface area contributed by atoms with Gasteiger partial charge in [-0.25, -0.2) is 9.78 Å². The Hall–Kier alpha value is -3.46. The summed E-state index contributed by atoms with van der Waals surface area (Å²) in [7, 11) is 0. The highest BCUT2D eigenvalue weighted by Gasteiger charge is 2.27. The maximum absolute atomic E-state index is 11.5. The second kappa shape index (κ2) is 7.75. The lowest BCUT2D eigenvalue weighted by molar-refractivity contribution is -0.116. The first-order valence-electron chi connectivity index (χ1n) is 9.73. The number of nitrogens with one attached hydrogen (secondary N) is 1. The maximum Gasteiger partial charge on any atom is 0.245 e. The van der Waals surface area contributed by atoms with Crippen LogP contribution in [0.5, 0.6) is 0 Å². The van der Waals surface area contributed by atoms with Crippen molar-refractivity contribution in [2.75, 3.05) is 0 Å². The molecule has 0 bridgehead atoms. The quantitative estimate of drug-likeness (QED) is 0.537. The van der Waals surface area contributed by atoms with Gasteiger partial charge in [0, 0.05) is 18.4 Å². The molecular weight excluding hydrogens is 398 g/mol. The zero-order valence-electron chi connectivity index (χ0n) is 16.3. The van der Waals surface area contributed by atoms with E-state index in [0.29, 0.717) is 23.1 Å². The molecule has 0 radical (unpaired) electrons. The van der Waals surface area contributed by atoms with E-state index in [2.05, 4.69) is 49.9 Å². The van der Waals surface area contributed by atoms with Gasteiger partial charge in [-0.3, -0.25) is 4.79 Å². The molecule has 2 aromatic carbocycles. The van der Waals surface area contributed by atoms with Crippen molar-refractivity contribution < 1.29 is 4.79 Å². The van der Waals surface area contributed by atoms with Gasteiger partial charge in [-0.1, -0.05) is 59.9 Å². The molecule has 1 fully saturated rings. The van der Waals surface area contributed by atoms with Crippen LogP contribution in [0.4, 0.5) is 0 Å². The standard InChI is InChI=1S/C21H19N7OS/c1-13(29)22-21-28(25-20(30-21)16-10-11-16)12-14-6-8-15(9-7-14)17-4-2-3-5-18(17)19-23-26-27-24-19/h2-9,16H,10-12H2,1H3,(H,23,24,26,27). The first-order valence-corrected chi connectivity index (χ1v) is 10.5. The van der Waals surface area contributed by atoms with E-state index in [1.807, 2.05) is 28.9 Å². The molecule has 1 aliphatic carbocycles. The van der Waals surface area contributed by atoms with E-state index in [0.717, 1.165) is 27.3 Å². The number of hydrogen-bond donors (Lipinski definition) is 1. The van der Waals surface area contributed by atoms with Gasteiger partial charge in [-0.2, -0.15) is 10.1 Å². The van der Waals surface area contributed by atoms with Gasteiger partial charge in [0.15, 0.2) is 5.82 Å². The summed E-state index contributed by atoms with van der Waals surface area (Å²) in [6, 6.07) is 16.3. The van der Waals surface area contributed by atoms with Crippen molar-refractivity contribution in [2.45, 2.75) is 32.2 Å². The molecule has 5 rings (SSSR count). The molecule has 1 aliphatic rings. The monoisotopic (exact) mass is 417 g/mol. The Morgan fingerprint density at radius 1 is 1.17 bits per heavy atom. The lowest BCUT2D eigenvalue weighted by Gasteiger charge is -2.08. The fourth-order valence-corrected chi connectivity index (χ4v) is 4.43. The van der Waals surface area contributed by atoms with Gasteiger partial charge in [0.1, 0.15) is 5.01 Å². The summed E-state index contributed by atoms with van der Waals surface area (Å²) in [6.45, 7) is 2.04. The molecule has 1 amide bonds. The highest BCUT2D eigenvalue weighted by atomic mass is 32.1. The number of amides is 1. The molecule has 9 heteroatoms. The molecule has 4 aromatic rings. The van der Waals surface area contributed by atoms with E-state index >= 15 is 0 Å². The number of benzene rings is 2. The van der Waals surface area contributed by atoms with Crippen molar-refractivity contribution in [1.82, 2.24) is 30.4 Å². The molecule has 0 spiro atoms. The van der Waals surface area contributed by atoms with Crippen LogP contribution >= 0.6 is 11.3 Å². The number of aromatic amines is 1. The molecule has 1 N–H and O–H groups in total. The summed E-state index contributed by atoms with van der Waals surface area (Å²) in [5.74, 6) is 0.959. The largest absolute Gasteiger partial charge is 0.273 e. The Morgan fingerprint density at radius 3 is 2.60 bits per heavy atom. The minimum Gasteiger partial charge on any atom is -0.273 e. The Bertz CT molecular complexity index is 1250. The summed E-state index contributed by atoms with van der Waals surface area (Å²) < 4.78 is 1.84. The van der Waals surface area contributed by atoms with Crippen LogP contribution in [-0.4, -0.2) is 36.3 Å². The van der Waals surface area contributed by atoms with Gasteiger partial charge >= 0.3 is 0 Å². The van der Waals surface area contributed by atoms with Crippen molar-refractivity contribution in [3.8, 4) is 22.5 Å². The highest BCUT2D eigenvalue weighted by molar-refractivity contribution is 7.09. The topological polar surface area (TPSA) is 102 Å². The van der Waals surface area contributed by atoms with E-state index in [9.17, 15) is 4.79 Å². The third-order valence-corrected chi connectivity index (χ3v) is 6.05. The van der Waals surface area contributed by atoms with Gasteiger partial charge < -0.3 is 0 Å². The number of H-pyrrole nitrogens is 1. The molecule has 0 saturated heterocycles. The smallest absolute Gasteiger partial charge is 0.245 e. The maximum atomic E-state index is 11.5. The summed E-state index contributed by atoms with van der Waals surface area (Å²) in [6.07, 6.45) is 2.34. The van der Waals surface area contributed by atoms with Crippen LogP contribution < -0.4 is 4.80 Å². The number of nitrogens with zero attached hydrogens (tertiary/aromatic N) is 6. The molecule has 2 aromatic heterocycles. The van der Waals surface area contributed by atoms with E-state index in [-0.39, 0.29) is 5.91 Å². The number of carbonyl (C=O) groups excluding carboxylic acids is 1. The molecule has 0 aliphatic heterocycles. The fraction of sp³-hybridized carbons (Fsp3) is 0.238. The van der Waals surface area contributed by atoms with Crippen molar-refractivity contribution in [2.24, 2.45) is 4.99 Å². The molecule has 0 atom stereocenters. The second-order valence-electron chi connectivity index (χ2n) is 7.28. The third-order valence-electron chi connectivity index (χ3n) is 4.94. The van der Waals surface area contributed by atoms with Crippen molar-refractivity contribution >= 4 is 17.2 Å². The normalized spacial score (nSPS) is 14.2. The molecule has 0 unspecified atom stereocenters. The molecule has 150 valence electrons. The Balaban J connectivity index is 1.44. The van der Waals surface area contributed by atoms with Crippen LogP contribution in [0.1, 0.15) is 36.3 Å². The van der Waals surface area contributed by atoms with E-state index < -0.39 is 0 Å². The minimum absolute atomic E-state index is 0.205. The average molecular weight is 417 g/mol. The predicted octanol–water partition coefficient (Wildman–Crippen LogP) is 3.16. The third kappa shape index (κ3) is 3.84.